The van der Waals surface area contributed by atoms with Gasteiger partial charge in [-0.25, -0.2) is 0 Å². The zero-order valence-corrected chi connectivity index (χ0v) is 9.07. The molecule has 0 unspecified atom stereocenters. The molecule has 7 heteroatoms. The van der Waals surface area contributed by atoms with Crippen LogP contribution in [-0.2, 0) is 32.5 Å². The Labute approximate surface area is 96.6 Å². The summed E-state index contributed by atoms with van der Waals surface area (Å²) in [7, 11) is -4.38. The summed E-state index contributed by atoms with van der Waals surface area (Å²) < 4.78 is 30.1. The Morgan fingerprint density at radius 3 is 2.14 bits per heavy atom. The quantitative estimate of drug-likeness (QED) is 0.595. The first kappa shape index (κ1) is 13.3. The van der Waals surface area contributed by atoms with Crippen LogP contribution in [0.2, 0.25) is 0 Å². The molecule has 1 aromatic carbocycles. The van der Waals surface area contributed by atoms with E-state index in [9.17, 15) is 13.2 Å². The predicted molar refractivity (Wildman–Crippen MR) is 44.8 cm³/mol. The number of carbonyl (C=O) groups excluding carboxylic acids is 1. The Morgan fingerprint density at radius 1 is 1.29 bits per heavy atom. The minimum absolute atomic E-state index is 0. The molecule has 1 aromatic rings. The number of hydrogen-bond donors (Lipinski definition) is 2. The summed E-state index contributed by atoms with van der Waals surface area (Å²) in [5, 5.41) is 0. The molecular weight excluding hydrogens is 302 g/mol. The maximum absolute atomic E-state index is 10.7. The van der Waals surface area contributed by atoms with E-state index in [1.165, 1.54) is 18.2 Å². The molecule has 0 heterocycles. The van der Waals surface area contributed by atoms with Crippen molar-refractivity contribution in [3.8, 4) is 0 Å². The van der Waals surface area contributed by atoms with Crippen molar-refractivity contribution in [3.05, 3.63) is 29.8 Å². The van der Waals surface area contributed by atoms with E-state index in [4.69, 9.17) is 10.3 Å². The Morgan fingerprint density at radius 2 is 1.79 bits per heavy atom. The SMILES string of the molecule is NC(=O)c1ccccc1S(=O)(=O)O.[Ag]. The van der Waals surface area contributed by atoms with Crippen molar-refractivity contribution in [2.24, 2.45) is 5.73 Å². The summed E-state index contributed by atoms with van der Waals surface area (Å²) in [5.41, 5.74) is 4.68. The van der Waals surface area contributed by atoms with Crippen LogP contribution in [0.1, 0.15) is 10.4 Å². The third-order valence-electron chi connectivity index (χ3n) is 1.43. The summed E-state index contributed by atoms with van der Waals surface area (Å²) in [6, 6.07) is 5.17. The van der Waals surface area contributed by atoms with E-state index in [2.05, 4.69) is 0 Å². The Hall–Kier alpha value is -0.660. The summed E-state index contributed by atoms with van der Waals surface area (Å²) in [6.07, 6.45) is 0. The number of rotatable bonds is 2. The molecule has 0 fully saturated rings. The van der Waals surface area contributed by atoms with Crippen LogP contribution >= 0.6 is 0 Å². The molecule has 0 spiro atoms. The van der Waals surface area contributed by atoms with Crippen molar-refractivity contribution in [2.45, 2.75) is 4.90 Å². The van der Waals surface area contributed by atoms with Crippen molar-refractivity contribution in [1.82, 2.24) is 0 Å². The normalized spacial score (nSPS) is 10.4. The molecule has 0 saturated carbocycles. The molecule has 3 N–H and O–H groups in total. The van der Waals surface area contributed by atoms with Gasteiger partial charge < -0.3 is 5.73 Å². The third kappa shape index (κ3) is 2.93. The van der Waals surface area contributed by atoms with Gasteiger partial charge in [-0.05, 0) is 12.1 Å². The summed E-state index contributed by atoms with van der Waals surface area (Å²) >= 11 is 0. The van der Waals surface area contributed by atoms with E-state index in [0.29, 0.717) is 0 Å². The largest absolute Gasteiger partial charge is 0.366 e. The molecule has 0 aliphatic carbocycles. The summed E-state index contributed by atoms with van der Waals surface area (Å²) in [4.78, 5) is 10.2. The molecule has 1 amide bonds. The molecule has 0 saturated heterocycles. The Kier molecular flexibility index (Phi) is 4.50. The zero-order valence-electron chi connectivity index (χ0n) is 6.77. The van der Waals surface area contributed by atoms with Crippen LogP contribution < -0.4 is 5.73 Å². The average Bonchev–Trinajstić information content (AvgIpc) is 2.03. The molecule has 5 nitrogen and oxygen atoms in total. The van der Waals surface area contributed by atoms with Gasteiger partial charge in [0.15, 0.2) is 0 Å². The molecule has 1 rings (SSSR count). The summed E-state index contributed by atoms with van der Waals surface area (Å²) in [5.74, 6) is -0.895. The van der Waals surface area contributed by atoms with Crippen molar-refractivity contribution in [3.63, 3.8) is 0 Å². The van der Waals surface area contributed by atoms with Crippen LogP contribution in [0.15, 0.2) is 29.2 Å². The minimum atomic E-state index is -4.38. The van der Waals surface area contributed by atoms with Gasteiger partial charge in [0.2, 0.25) is 5.91 Å². The monoisotopic (exact) mass is 308 g/mol. The van der Waals surface area contributed by atoms with Crippen LogP contribution in [0.25, 0.3) is 0 Å². The van der Waals surface area contributed by atoms with Crippen molar-refractivity contribution in [1.29, 1.82) is 0 Å². The van der Waals surface area contributed by atoms with E-state index in [1.807, 2.05) is 0 Å². The predicted octanol–water partition coefficient (Wildman–Crippen LogP) is 0.0297. The van der Waals surface area contributed by atoms with E-state index in [1.54, 1.807) is 0 Å². The first-order valence-electron chi connectivity index (χ1n) is 3.29. The summed E-state index contributed by atoms with van der Waals surface area (Å²) in [6.45, 7) is 0. The second-order valence-electron chi connectivity index (χ2n) is 2.34. The van der Waals surface area contributed by atoms with Gasteiger partial charge in [-0.15, -0.1) is 0 Å². The number of hydrogen-bond acceptors (Lipinski definition) is 3. The standard InChI is InChI=1S/C7H7NO4S.Ag/c8-7(9)5-3-1-2-4-6(5)13(10,11)12;/h1-4H,(H2,8,9)(H,10,11,12);. The third-order valence-corrected chi connectivity index (χ3v) is 2.34. The van der Waals surface area contributed by atoms with Gasteiger partial charge in [-0.3, -0.25) is 9.35 Å². The zero-order chi connectivity index (χ0) is 10.1. The fourth-order valence-electron chi connectivity index (χ4n) is 0.895. The number of primary amides is 1. The molecule has 0 aliphatic heterocycles. The van der Waals surface area contributed by atoms with Gasteiger partial charge in [-0.2, -0.15) is 8.42 Å². The van der Waals surface area contributed by atoms with Gasteiger partial charge in [-0.1, -0.05) is 12.1 Å². The van der Waals surface area contributed by atoms with Gasteiger partial charge in [0.1, 0.15) is 4.90 Å². The topological polar surface area (TPSA) is 97.5 Å². The minimum Gasteiger partial charge on any atom is -0.366 e. The average molecular weight is 309 g/mol. The molecular formula is C7H7AgNO4S. The Bertz CT molecular complexity index is 443. The van der Waals surface area contributed by atoms with Gasteiger partial charge in [0.05, 0.1) is 5.56 Å². The number of benzene rings is 1. The number of nitrogens with two attached hydrogens (primary N) is 1. The maximum Gasteiger partial charge on any atom is 0.295 e. The van der Waals surface area contributed by atoms with Gasteiger partial charge >= 0.3 is 0 Å². The van der Waals surface area contributed by atoms with Crippen molar-refractivity contribution < 1.29 is 40.1 Å². The van der Waals surface area contributed by atoms with Crippen LogP contribution in [-0.4, -0.2) is 18.9 Å². The maximum atomic E-state index is 10.7. The molecule has 14 heavy (non-hydrogen) atoms. The molecule has 0 bridgehead atoms. The van der Waals surface area contributed by atoms with Crippen LogP contribution in [0.3, 0.4) is 0 Å². The molecule has 1 radical (unpaired) electrons. The second kappa shape index (κ2) is 4.72. The van der Waals surface area contributed by atoms with Crippen LogP contribution in [0.4, 0.5) is 0 Å². The molecule has 81 valence electrons. The van der Waals surface area contributed by atoms with Gasteiger partial charge in [0, 0.05) is 22.4 Å². The molecule has 0 aliphatic rings. The fourth-order valence-corrected chi connectivity index (χ4v) is 1.59. The van der Waals surface area contributed by atoms with Crippen LogP contribution in [0, 0.1) is 0 Å². The number of carbonyl (C=O) groups is 1. The fraction of sp³-hybridized carbons (Fsp3) is 0. The first-order chi connectivity index (χ1) is 5.93. The molecule has 0 aromatic heterocycles. The smallest absolute Gasteiger partial charge is 0.295 e. The van der Waals surface area contributed by atoms with E-state index in [-0.39, 0.29) is 27.9 Å². The first-order valence-corrected chi connectivity index (χ1v) is 4.73. The van der Waals surface area contributed by atoms with E-state index in [0.717, 1.165) is 6.07 Å². The Balaban J connectivity index is 0.00000169. The van der Waals surface area contributed by atoms with Crippen LogP contribution in [0.5, 0.6) is 0 Å². The van der Waals surface area contributed by atoms with Crippen molar-refractivity contribution in [2.75, 3.05) is 0 Å². The molecule has 0 atom stereocenters. The van der Waals surface area contributed by atoms with Gasteiger partial charge in [0.25, 0.3) is 10.1 Å². The van der Waals surface area contributed by atoms with E-state index >= 15 is 0 Å². The number of amides is 1. The van der Waals surface area contributed by atoms with Crippen molar-refractivity contribution >= 4 is 16.0 Å². The second-order valence-corrected chi connectivity index (χ2v) is 3.73. The van der Waals surface area contributed by atoms with E-state index < -0.39 is 20.9 Å².